The summed E-state index contributed by atoms with van der Waals surface area (Å²) in [6.45, 7) is 10.9. The molecule has 0 rings (SSSR count). The van der Waals surface area contributed by atoms with Gasteiger partial charge in [0.1, 0.15) is 0 Å². The first-order valence-electron chi connectivity index (χ1n) is 3.91. The predicted molar refractivity (Wildman–Crippen MR) is 68.5 cm³/mol. The third-order valence-electron chi connectivity index (χ3n) is 0.796. The Morgan fingerprint density at radius 3 is 1.29 bits per heavy atom. The fourth-order valence-corrected chi connectivity index (χ4v) is 0. The highest BCUT2D eigenvalue weighted by molar-refractivity contribution is 5.90. The molecule has 0 radical (unpaired) electrons. The molecule has 0 aliphatic heterocycles. The summed E-state index contributed by atoms with van der Waals surface area (Å²) in [5.74, 6) is -1.90. The van der Waals surface area contributed by atoms with E-state index in [1.54, 1.807) is 6.92 Å². The van der Waals surface area contributed by atoms with Gasteiger partial charge in [0.25, 0.3) is 0 Å². The van der Waals surface area contributed by atoms with Crippen LogP contribution in [-0.4, -0.2) is 22.9 Å². The van der Waals surface area contributed by atoms with E-state index in [0.29, 0.717) is 5.57 Å². The first-order valence-corrected chi connectivity index (χ1v) is 3.91. The molecule has 7 heteroatoms. The maximum absolute atomic E-state index is 9.82. The summed E-state index contributed by atoms with van der Waals surface area (Å²) in [5.41, 5.74) is 9.63. The zero-order valence-electron chi connectivity index (χ0n) is 9.51. The highest BCUT2D eigenvalue weighted by Crippen LogP contribution is 1.78. The summed E-state index contributed by atoms with van der Waals surface area (Å²) in [4.78, 5) is 28.5. The second kappa shape index (κ2) is 16.4. The number of nitrogens with two attached hydrogens (primary N) is 2. The second-order valence-electron chi connectivity index (χ2n) is 2.29. The van der Waals surface area contributed by atoms with Gasteiger partial charge in [0.15, 0.2) is 0 Å². The monoisotopic (exact) mass is 264 g/mol. The van der Waals surface area contributed by atoms with Crippen LogP contribution in [0.3, 0.4) is 0 Å². The van der Waals surface area contributed by atoms with Gasteiger partial charge in [0.05, 0.1) is 0 Å². The fourth-order valence-electron chi connectivity index (χ4n) is 0. The summed E-state index contributed by atoms with van der Waals surface area (Å²) in [5, 5.41) is 7.60. The van der Waals surface area contributed by atoms with Crippen LogP contribution < -0.4 is 11.5 Å². The van der Waals surface area contributed by atoms with Crippen molar-refractivity contribution >= 4 is 30.2 Å². The number of carboxylic acids is 1. The van der Waals surface area contributed by atoms with Crippen LogP contribution in [0, 0.1) is 0 Å². The first-order chi connectivity index (χ1) is 7.18. The van der Waals surface area contributed by atoms with E-state index in [1.165, 1.54) is 0 Å². The zero-order valence-corrected chi connectivity index (χ0v) is 10.3. The van der Waals surface area contributed by atoms with Gasteiger partial charge in [0, 0.05) is 11.6 Å². The molecule has 0 unspecified atom stereocenters. The normalized spacial score (nSPS) is 6.41. The molecule has 98 valence electrons. The molecule has 0 saturated heterocycles. The van der Waals surface area contributed by atoms with Crippen LogP contribution in [0.5, 0.6) is 0 Å². The Hall–Kier alpha value is -2.08. The van der Waals surface area contributed by atoms with E-state index in [4.69, 9.17) is 10.8 Å². The minimum Gasteiger partial charge on any atom is -0.478 e. The molecule has 5 N–H and O–H groups in total. The van der Waals surface area contributed by atoms with Crippen molar-refractivity contribution < 1.29 is 19.5 Å². The molecule has 0 aliphatic rings. The largest absolute Gasteiger partial charge is 0.478 e. The molecule has 0 atom stereocenters. The number of halogens is 1. The Morgan fingerprint density at radius 1 is 1.12 bits per heavy atom. The van der Waals surface area contributed by atoms with Crippen molar-refractivity contribution in [3.63, 3.8) is 0 Å². The molecular formula is C10H17ClN2O4. The van der Waals surface area contributed by atoms with E-state index >= 15 is 0 Å². The molecule has 0 aromatic heterocycles. The van der Waals surface area contributed by atoms with E-state index < -0.39 is 17.8 Å². The van der Waals surface area contributed by atoms with Gasteiger partial charge in [-0.05, 0) is 13.0 Å². The third-order valence-corrected chi connectivity index (χ3v) is 0.796. The van der Waals surface area contributed by atoms with E-state index in [9.17, 15) is 14.4 Å². The first kappa shape index (κ1) is 24.2. The standard InChI is InChI=1S/C4H7NO.C3H5NO.C3H4O2.ClH/c1-3(2)4(5)6;2*1-2-3(4)5;/h1H2,2H3,(H2,5,6);2H,1H2,(H2,4,5);2H,1H2,(H,4,5);1H. The smallest absolute Gasteiger partial charge is 0.327 e. The van der Waals surface area contributed by atoms with Crippen molar-refractivity contribution in [1.82, 2.24) is 0 Å². The lowest BCUT2D eigenvalue weighted by molar-refractivity contribution is -0.131. The molecule has 0 spiro atoms. The van der Waals surface area contributed by atoms with Crippen LogP contribution in [-0.2, 0) is 14.4 Å². The molecule has 6 nitrogen and oxygen atoms in total. The quantitative estimate of drug-likeness (QED) is 0.638. The van der Waals surface area contributed by atoms with Crippen molar-refractivity contribution in [2.24, 2.45) is 11.5 Å². The summed E-state index contributed by atoms with van der Waals surface area (Å²) in [6, 6.07) is 0. The molecule has 0 aliphatic carbocycles. The molecule has 0 fully saturated rings. The number of amides is 2. The van der Waals surface area contributed by atoms with Crippen molar-refractivity contribution in [3.05, 3.63) is 37.5 Å². The molecule has 0 aromatic rings. The molecule has 0 aromatic carbocycles. The third kappa shape index (κ3) is 56.4. The molecule has 2 amide bonds. The number of hydrogen-bond donors (Lipinski definition) is 3. The van der Waals surface area contributed by atoms with Gasteiger partial charge >= 0.3 is 5.97 Å². The topological polar surface area (TPSA) is 123 Å². The van der Waals surface area contributed by atoms with Crippen LogP contribution >= 0.6 is 12.4 Å². The lowest BCUT2D eigenvalue weighted by Gasteiger charge is -1.81. The van der Waals surface area contributed by atoms with Crippen LogP contribution in [0.25, 0.3) is 0 Å². The minimum absolute atomic E-state index is 0. The Morgan fingerprint density at radius 2 is 1.29 bits per heavy atom. The van der Waals surface area contributed by atoms with E-state index in [-0.39, 0.29) is 12.4 Å². The Balaban J connectivity index is -0.0000000729. The Kier molecular flexibility index (Phi) is 23.3. The van der Waals surface area contributed by atoms with Crippen molar-refractivity contribution in [1.29, 1.82) is 0 Å². The predicted octanol–water partition coefficient (Wildman–Crippen LogP) is 0.384. The summed E-state index contributed by atoms with van der Waals surface area (Å²) in [7, 11) is 0. The van der Waals surface area contributed by atoms with Gasteiger partial charge in [-0.3, -0.25) is 9.59 Å². The summed E-state index contributed by atoms with van der Waals surface area (Å²) < 4.78 is 0. The van der Waals surface area contributed by atoms with Crippen LogP contribution in [0.15, 0.2) is 37.5 Å². The lowest BCUT2D eigenvalue weighted by Crippen LogP contribution is -2.10. The number of carboxylic acid groups (broad SMARTS) is 1. The second-order valence-corrected chi connectivity index (χ2v) is 2.29. The van der Waals surface area contributed by atoms with Crippen LogP contribution in [0.4, 0.5) is 0 Å². The number of carbonyl (C=O) groups excluding carboxylic acids is 2. The van der Waals surface area contributed by atoms with Crippen LogP contribution in [0.2, 0.25) is 0 Å². The summed E-state index contributed by atoms with van der Waals surface area (Å²) in [6.07, 6.45) is 1.89. The molecule has 17 heavy (non-hydrogen) atoms. The van der Waals surface area contributed by atoms with E-state index in [0.717, 1.165) is 12.2 Å². The van der Waals surface area contributed by atoms with Crippen molar-refractivity contribution in [2.45, 2.75) is 6.92 Å². The number of carbonyl (C=O) groups is 3. The average molecular weight is 265 g/mol. The van der Waals surface area contributed by atoms with Crippen molar-refractivity contribution in [2.75, 3.05) is 0 Å². The highest BCUT2D eigenvalue weighted by Gasteiger charge is 1.86. The summed E-state index contributed by atoms with van der Waals surface area (Å²) >= 11 is 0. The number of rotatable bonds is 3. The van der Waals surface area contributed by atoms with Gasteiger partial charge in [-0.25, -0.2) is 4.79 Å². The lowest BCUT2D eigenvalue weighted by atomic mass is 10.3. The van der Waals surface area contributed by atoms with E-state index in [2.05, 4.69) is 25.5 Å². The maximum Gasteiger partial charge on any atom is 0.327 e. The number of primary amides is 2. The molecule has 0 heterocycles. The number of hydrogen-bond acceptors (Lipinski definition) is 3. The molecular weight excluding hydrogens is 248 g/mol. The van der Waals surface area contributed by atoms with Gasteiger partial charge < -0.3 is 16.6 Å². The number of aliphatic carboxylic acids is 1. The maximum atomic E-state index is 9.82. The van der Waals surface area contributed by atoms with Gasteiger partial charge in [-0.15, -0.1) is 12.4 Å². The van der Waals surface area contributed by atoms with Crippen molar-refractivity contribution in [3.8, 4) is 0 Å². The Bertz CT molecular complexity index is 271. The van der Waals surface area contributed by atoms with Crippen LogP contribution in [0.1, 0.15) is 6.92 Å². The van der Waals surface area contributed by atoms with E-state index in [1.807, 2.05) is 0 Å². The van der Waals surface area contributed by atoms with Gasteiger partial charge in [-0.1, -0.05) is 19.7 Å². The SMILES string of the molecule is C=C(C)C(N)=O.C=CC(=O)O.C=CC(N)=O.Cl. The highest BCUT2D eigenvalue weighted by atomic mass is 35.5. The van der Waals surface area contributed by atoms with Gasteiger partial charge in [-0.2, -0.15) is 0 Å². The molecule has 0 saturated carbocycles. The zero-order chi connectivity index (χ0) is 13.7. The Labute approximate surface area is 106 Å². The average Bonchev–Trinajstić information content (AvgIpc) is 2.19. The minimum atomic E-state index is -0.981. The molecule has 0 bridgehead atoms. The fraction of sp³-hybridized carbons (Fsp3) is 0.100. The van der Waals surface area contributed by atoms with Gasteiger partial charge in [0.2, 0.25) is 11.8 Å².